The van der Waals surface area contributed by atoms with Gasteiger partial charge in [0.1, 0.15) is 0 Å². The van der Waals surface area contributed by atoms with Crippen LogP contribution in [-0.4, -0.2) is 99.1 Å². The molecule has 0 saturated carbocycles. The van der Waals surface area contributed by atoms with E-state index in [0.717, 1.165) is 49.6 Å². The summed E-state index contributed by atoms with van der Waals surface area (Å²) in [5.74, 6) is 0. The van der Waals surface area contributed by atoms with Gasteiger partial charge >= 0.3 is 14.1 Å². The predicted molar refractivity (Wildman–Crippen MR) is 204 cm³/mol. The van der Waals surface area contributed by atoms with Gasteiger partial charge in [0.15, 0.2) is 0 Å². The molecular formula is C31H58B2N8O9S. The molecule has 0 aliphatic rings. The summed E-state index contributed by atoms with van der Waals surface area (Å²) in [6.45, 7) is 9.28. The molecule has 2 aromatic carbocycles. The number of non-ortho nitro benzene ring substituents is 2. The van der Waals surface area contributed by atoms with Gasteiger partial charge in [-0.25, -0.2) is 0 Å². The summed E-state index contributed by atoms with van der Waals surface area (Å²) in [6, 6.07) is 12.7. The quantitative estimate of drug-likeness (QED) is 0.0364. The zero-order valence-corrected chi connectivity index (χ0v) is 31.3. The van der Waals surface area contributed by atoms with Crippen molar-refractivity contribution < 1.29 is 32.5 Å². The maximum atomic E-state index is 11.0. The minimum Gasteiger partial charge on any atom is -0.437 e. The van der Waals surface area contributed by atoms with Crippen molar-refractivity contribution in [2.24, 2.45) is 17.2 Å². The van der Waals surface area contributed by atoms with Gasteiger partial charge < -0.3 is 43.0 Å². The Morgan fingerprint density at radius 3 is 1.55 bits per heavy atom. The van der Waals surface area contributed by atoms with Gasteiger partial charge in [0.25, 0.3) is 21.5 Å². The molecule has 2 aromatic rings. The highest BCUT2D eigenvalue weighted by atomic mass is 32.2. The summed E-state index contributed by atoms with van der Waals surface area (Å²) >= 11 is 0. The first-order valence-corrected chi connectivity index (χ1v) is 18.8. The first-order chi connectivity index (χ1) is 23.9. The number of nitro groups is 2. The fourth-order valence-electron chi connectivity index (χ4n) is 4.70. The van der Waals surface area contributed by atoms with Crippen molar-refractivity contribution in [2.75, 3.05) is 32.5 Å². The number of hydrogen-bond donors (Lipinski definition) is 8. The molecule has 0 heterocycles. The molecule has 288 valence electrons. The van der Waals surface area contributed by atoms with Crippen LogP contribution in [0.5, 0.6) is 0 Å². The molecule has 20 heteroatoms. The molecule has 4 atom stereocenters. The SMILES string of the molecule is CB(O)N[C@H](COS(C)(=O)=O)Cc1ccc([N+](=O)[O-])cc1.CCC(CCN)NC[C@H](Cc1ccc([N+](=O)[O-])cc1)NB(C)O.CCC(N)CCN. The number of benzene rings is 2. The monoisotopic (exact) mass is 740 g/mol. The second-order valence-electron chi connectivity index (χ2n) is 12.2. The summed E-state index contributed by atoms with van der Waals surface area (Å²) in [4.78, 5) is 20.4. The summed E-state index contributed by atoms with van der Waals surface area (Å²) in [6.07, 6.45) is 5.88. The topological polar surface area (TPSA) is 284 Å². The first kappa shape index (κ1) is 48.0. The second kappa shape index (κ2) is 26.7. The van der Waals surface area contributed by atoms with E-state index in [1.165, 1.54) is 31.1 Å². The summed E-state index contributed by atoms with van der Waals surface area (Å²) < 4.78 is 26.7. The molecule has 0 saturated heterocycles. The lowest BCUT2D eigenvalue weighted by Crippen LogP contribution is -2.49. The fraction of sp³-hybridized carbons (Fsp3) is 0.613. The average molecular weight is 741 g/mol. The number of hydrogen-bond acceptors (Lipinski definition) is 15. The Bertz CT molecular complexity index is 1350. The molecule has 2 rings (SSSR count). The number of nitrogens with one attached hydrogen (secondary N) is 3. The van der Waals surface area contributed by atoms with Gasteiger partial charge in [-0.1, -0.05) is 38.1 Å². The Morgan fingerprint density at radius 1 is 0.784 bits per heavy atom. The molecule has 0 fully saturated rings. The van der Waals surface area contributed by atoms with Gasteiger partial charge in [-0.15, -0.1) is 0 Å². The van der Waals surface area contributed by atoms with E-state index in [2.05, 4.69) is 29.6 Å². The smallest absolute Gasteiger partial charge is 0.373 e. The lowest BCUT2D eigenvalue weighted by molar-refractivity contribution is -0.385. The van der Waals surface area contributed by atoms with Gasteiger partial charge in [0.05, 0.1) is 22.7 Å². The van der Waals surface area contributed by atoms with Crippen molar-refractivity contribution in [2.45, 2.75) is 90.2 Å². The highest BCUT2D eigenvalue weighted by Gasteiger charge is 2.18. The maximum Gasteiger partial charge on any atom is 0.373 e. The van der Waals surface area contributed by atoms with Crippen LogP contribution in [0.2, 0.25) is 13.6 Å². The number of rotatable bonds is 22. The molecule has 0 spiro atoms. The number of nitrogens with zero attached hydrogens (tertiary/aromatic N) is 2. The third-order valence-electron chi connectivity index (χ3n) is 7.42. The first-order valence-electron chi connectivity index (χ1n) is 17.0. The summed E-state index contributed by atoms with van der Waals surface area (Å²) in [7, 11) is -5.03. The van der Waals surface area contributed by atoms with Crippen LogP contribution in [-0.2, 0) is 27.1 Å². The molecule has 51 heavy (non-hydrogen) atoms. The molecule has 0 radical (unpaired) electrons. The van der Waals surface area contributed by atoms with Gasteiger partial charge in [-0.05, 0) is 76.4 Å². The van der Waals surface area contributed by atoms with E-state index >= 15 is 0 Å². The highest BCUT2D eigenvalue weighted by molar-refractivity contribution is 7.85. The second-order valence-corrected chi connectivity index (χ2v) is 13.8. The lowest BCUT2D eigenvalue weighted by Gasteiger charge is -2.24. The van der Waals surface area contributed by atoms with E-state index in [0.29, 0.717) is 38.0 Å². The van der Waals surface area contributed by atoms with E-state index < -0.39 is 40.1 Å². The van der Waals surface area contributed by atoms with Crippen molar-refractivity contribution >= 4 is 35.6 Å². The van der Waals surface area contributed by atoms with Crippen molar-refractivity contribution in [3.05, 3.63) is 79.9 Å². The van der Waals surface area contributed by atoms with Crippen LogP contribution in [0.25, 0.3) is 0 Å². The van der Waals surface area contributed by atoms with E-state index in [1.807, 2.05) is 0 Å². The van der Waals surface area contributed by atoms with Gasteiger partial charge in [-0.3, -0.25) is 24.4 Å². The number of nitrogens with two attached hydrogens (primary N) is 3. The normalized spacial score (nSPS) is 13.4. The Balaban J connectivity index is 0.000000829. The molecule has 17 nitrogen and oxygen atoms in total. The Morgan fingerprint density at radius 2 is 1.22 bits per heavy atom. The van der Waals surface area contributed by atoms with E-state index in [-0.39, 0.29) is 24.0 Å². The van der Waals surface area contributed by atoms with Crippen LogP contribution in [0.3, 0.4) is 0 Å². The van der Waals surface area contributed by atoms with E-state index in [1.54, 1.807) is 31.1 Å². The van der Waals surface area contributed by atoms with Crippen LogP contribution >= 0.6 is 0 Å². The third kappa shape index (κ3) is 24.7. The molecule has 2 unspecified atom stereocenters. The van der Waals surface area contributed by atoms with Gasteiger partial charge in [0.2, 0.25) is 0 Å². The van der Waals surface area contributed by atoms with Crippen molar-refractivity contribution in [1.29, 1.82) is 0 Å². The molecule has 0 amide bonds. The molecule has 0 bridgehead atoms. The van der Waals surface area contributed by atoms with Gasteiger partial charge in [-0.2, -0.15) is 8.42 Å². The van der Waals surface area contributed by atoms with Crippen LogP contribution in [0.1, 0.15) is 50.7 Å². The van der Waals surface area contributed by atoms with E-state index in [9.17, 15) is 38.7 Å². The standard InChI is InChI=1S/C15H27BN4O3.C11H17BN2O6S.C5H14N2/c1-3-13(8-9-17)18-11-14(19-16(2)21)10-12-4-6-15(7-5-12)20(22)23;1-12(15)13-10(8-20-21(2,18)19)7-9-3-5-11(6-4-9)14(16)17;1-2-5(7)3-4-6/h4-7,13-14,18-19,21H,3,8-11,17H2,1-2H3;3-6,10,13,15H,7-8H2,1-2H3;5H,2-4,6-7H2,1H3/t13?,14-;10-;/m00./s1. The van der Waals surface area contributed by atoms with Crippen molar-refractivity contribution in [1.82, 2.24) is 15.8 Å². The molecule has 0 aliphatic heterocycles. The minimum atomic E-state index is -3.58. The Labute approximate surface area is 303 Å². The van der Waals surface area contributed by atoms with Crippen molar-refractivity contribution in [3.63, 3.8) is 0 Å². The largest absolute Gasteiger partial charge is 0.437 e. The van der Waals surface area contributed by atoms with Crippen molar-refractivity contribution in [3.8, 4) is 0 Å². The van der Waals surface area contributed by atoms with Crippen LogP contribution in [0.15, 0.2) is 48.5 Å². The Kier molecular flexibility index (Phi) is 25.1. The fourth-order valence-corrected chi connectivity index (χ4v) is 5.11. The van der Waals surface area contributed by atoms with Crippen LogP contribution in [0.4, 0.5) is 11.4 Å². The molecule has 0 aromatic heterocycles. The average Bonchev–Trinajstić information content (AvgIpc) is 3.05. The lowest BCUT2D eigenvalue weighted by atomic mass is 9.86. The summed E-state index contributed by atoms with van der Waals surface area (Å²) in [5, 5.41) is 49.5. The van der Waals surface area contributed by atoms with Gasteiger partial charge in [0, 0.05) is 55.0 Å². The molecule has 0 aliphatic carbocycles. The van der Waals surface area contributed by atoms with Crippen LogP contribution < -0.4 is 33.0 Å². The van der Waals surface area contributed by atoms with Crippen LogP contribution in [0, 0.1) is 20.2 Å². The predicted octanol–water partition coefficient (Wildman–Crippen LogP) is 1.18. The maximum absolute atomic E-state index is 11.0. The summed E-state index contributed by atoms with van der Waals surface area (Å²) in [5.41, 5.74) is 18.1. The molecule has 11 N–H and O–H groups in total. The highest BCUT2D eigenvalue weighted by Crippen LogP contribution is 2.15. The minimum absolute atomic E-state index is 0.0221. The zero-order chi connectivity index (χ0) is 39.0. The Hall–Kier alpha value is -3.04. The van der Waals surface area contributed by atoms with E-state index in [4.69, 9.17) is 21.4 Å². The number of nitro benzene ring substituents is 2. The zero-order valence-electron chi connectivity index (χ0n) is 30.4. The third-order valence-corrected chi connectivity index (χ3v) is 7.98. The molecular weight excluding hydrogens is 682 g/mol.